The minimum Gasteiger partial charge on any atom is -0.269 e. The molecule has 0 spiro atoms. The lowest BCUT2D eigenvalue weighted by Gasteiger charge is -2.21. The van der Waals surface area contributed by atoms with Crippen molar-refractivity contribution >= 4 is 15.7 Å². The van der Waals surface area contributed by atoms with Crippen LogP contribution in [-0.4, -0.2) is 29.7 Å². The summed E-state index contributed by atoms with van der Waals surface area (Å²) >= 11 is 0. The Morgan fingerprint density at radius 1 is 1.30 bits per heavy atom. The zero-order valence-corrected chi connectivity index (χ0v) is 12.6. The molecule has 20 heavy (non-hydrogen) atoms. The van der Waals surface area contributed by atoms with Gasteiger partial charge in [-0.1, -0.05) is 0 Å². The van der Waals surface area contributed by atoms with Crippen LogP contribution in [0.25, 0.3) is 0 Å². The highest BCUT2D eigenvalue weighted by Gasteiger charge is 2.25. The van der Waals surface area contributed by atoms with Crippen molar-refractivity contribution in [1.29, 1.82) is 0 Å². The molecular weight excluding hydrogens is 276 g/mol. The second-order valence-electron chi connectivity index (χ2n) is 4.63. The summed E-state index contributed by atoms with van der Waals surface area (Å²) in [6.07, 6.45) is 6.10. The molecule has 0 saturated carbocycles. The van der Waals surface area contributed by atoms with E-state index in [9.17, 15) is 8.42 Å². The number of hydrogen-bond donors (Lipinski definition) is 0. The summed E-state index contributed by atoms with van der Waals surface area (Å²) in [5, 5.41) is 4.09. The smallest absolute Gasteiger partial charge is 0.267 e. The first-order valence-corrected chi connectivity index (χ1v) is 7.87. The molecule has 0 aliphatic rings. The molecule has 0 aliphatic heterocycles. The van der Waals surface area contributed by atoms with Crippen LogP contribution in [0, 0.1) is 0 Å². The van der Waals surface area contributed by atoms with Gasteiger partial charge in [0.1, 0.15) is 4.90 Å². The van der Waals surface area contributed by atoms with E-state index in [-0.39, 0.29) is 10.9 Å². The van der Waals surface area contributed by atoms with Crippen molar-refractivity contribution in [1.82, 2.24) is 14.8 Å². The van der Waals surface area contributed by atoms with E-state index >= 15 is 0 Å². The van der Waals surface area contributed by atoms with Crippen LogP contribution in [0.2, 0.25) is 0 Å². The molecule has 0 amide bonds. The second-order valence-corrected chi connectivity index (χ2v) is 6.49. The summed E-state index contributed by atoms with van der Waals surface area (Å²) in [7, 11) is -3.59. The van der Waals surface area contributed by atoms with Gasteiger partial charge in [0.2, 0.25) is 0 Å². The number of hydrogen-bond acceptors (Lipinski definition) is 4. The van der Waals surface area contributed by atoms with Gasteiger partial charge in [0.25, 0.3) is 10.0 Å². The van der Waals surface area contributed by atoms with Gasteiger partial charge in [0.05, 0.1) is 11.9 Å². The topological polar surface area (TPSA) is 68.1 Å². The van der Waals surface area contributed by atoms with E-state index in [0.29, 0.717) is 12.2 Å². The summed E-state index contributed by atoms with van der Waals surface area (Å²) in [6.45, 7) is 6.04. The van der Waals surface area contributed by atoms with Gasteiger partial charge in [-0.3, -0.25) is 14.0 Å². The Labute approximate surface area is 119 Å². The summed E-state index contributed by atoms with van der Waals surface area (Å²) in [4.78, 5) is 4.11. The maximum absolute atomic E-state index is 12.7. The van der Waals surface area contributed by atoms with Gasteiger partial charge in [0.15, 0.2) is 0 Å². The summed E-state index contributed by atoms with van der Waals surface area (Å²) < 4.78 is 28.3. The van der Waals surface area contributed by atoms with Crippen molar-refractivity contribution < 1.29 is 8.42 Å². The molecule has 2 heterocycles. The highest BCUT2D eigenvalue weighted by Crippen LogP contribution is 2.22. The van der Waals surface area contributed by atoms with Gasteiger partial charge in [-0.05, 0) is 32.9 Å². The predicted octanol–water partition coefficient (Wildman–Crippen LogP) is 2.07. The zero-order valence-electron chi connectivity index (χ0n) is 11.8. The summed E-state index contributed by atoms with van der Waals surface area (Å²) in [5.74, 6) is 0. The second kappa shape index (κ2) is 5.62. The minimum absolute atomic E-state index is 0.120. The Bertz CT molecular complexity index is 665. The van der Waals surface area contributed by atoms with E-state index in [2.05, 4.69) is 10.1 Å². The third kappa shape index (κ3) is 2.67. The fraction of sp³-hybridized carbons (Fsp3) is 0.385. The number of nitrogens with zero attached hydrogens (tertiary/aromatic N) is 4. The summed E-state index contributed by atoms with van der Waals surface area (Å²) in [5.41, 5.74) is 0.597. The zero-order chi connectivity index (χ0) is 14.8. The van der Waals surface area contributed by atoms with Gasteiger partial charge in [-0.15, -0.1) is 0 Å². The normalized spacial score (nSPS) is 11.8. The number of sulfonamides is 1. The first-order valence-electron chi connectivity index (χ1n) is 6.43. The third-order valence-electron chi connectivity index (χ3n) is 2.93. The van der Waals surface area contributed by atoms with Crippen LogP contribution in [0.4, 0.5) is 5.69 Å². The van der Waals surface area contributed by atoms with Crippen LogP contribution in [0.5, 0.6) is 0 Å². The lowest BCUT2D eigenvalue weighted by molar-refractivity contribution is 0.531. The van der Waals surface area contributed by atoms with Gasteiger partial charge in [0, 0.05) is 31.2 Å². The molecule has 0 aromatic carbocycles. The Balaban J connectivity index is 2.41. The van der Waals surface area contributed by atoms with Crippen LogP contribution in [0.3, 0.4) is 0 Å². The standard InChI is InChI=1S/C13H18N4O2S/c1-4-17(12-5-7-14-8-6-12)20(18,19)13-9-15-16(10-13)11(2)3/h5-11H,4H2,1-3H3. The predicted molar refractivity (Wildman–Crippen MR) is 77.1 cm³/mol. The van der Waals surface area contributed by atoms with E-state index in [1.165, 1.54) is 10.5 Å². The van der Waals surface area contributed by atoms with Crippen molar-refractivity contribution in [2.75, 3.05) is 10.8 Å². The van der Waals surface area contributed by atoms with E-state index in [0.717, 1.165) is 0 Å². The molecule has 0 bridgehead atoms. The van der Waals surface area contributed by atoms with Crippen LogP contribution >= 0.6 is 0 Å². The van der Waals surface area contributed by atoms with Crippen LogP contribution < -0.4 is 4.31 Å². The monoisotopic (exact) mass is 294 g/mol. The maximum Gasteiger partial charge on any atom is 0.267 e. The SMILES string of the molecule is CCN(c1ccncc1)S(=O)(=O)c1cnn(C(C)C)c1. The van der Waals surface area contributed by atoms with E-state index in [1.54, 1.807) is 42.3 Å². The van der Waals surface area contributed by atoms with Crippen molar-refractivity contribution in [2.45, 2.75) is 31.7 Å². The lowest BCUT2D eigenvalue weighted by atomic mass is 10.4. The molecule has 2 aromatic heterocycles. The molecule has 2 aromatic rings. The Hall–Kier alpha value is -1.89. The molecule has 0 fully saturated rings. The third-order valence-corrected chi connectivity index (χ3v) is 4.79. The number of pyridine rings is 1. The molecule has 6 nitrogen and oxygen atoms in total. The molecule has 0 unspecified atom stereocenters. The Morgan fingerprint density at radius 3 is 2.45 bits per heavy atom. The van der Waals surface area contributed by atoms with Crippen molar-refractivity contribution in [2.24, 2.45) is 0 Å². The van der Waals surface area contributed by atoms with Crippen molar-refractivity contribution in [3.63, 3.8) is 0 Å². The number of aromatic nitrogens is 3. The first-order chi connectivity index (χ1) is 9.46. The van der Waals surface area contributed by atoms with E-state index in [1.807, 2.05) is 13.8 Å². The van der Waals surface area contributed by atoms with E-state index in [4.69, 9.17) is 0 Å². The fourth-order valence-corrected chi connectivity index (χ4v) is 3.28. The molecule has 0 N–H and O–H groups in total. The molecule has 0 aliphatic carbocycles. The van der Waals surface area contributed by atoms with Crippen LogP contribution in [-0.2, 0) is 10.0 Å². The lowest BCUT2D eigenvalue weighted by Crippen LogP contribution is -2.30. The fourth-order valence-electron chi connectivity index (χ4n) is 1.87. The molecule has 0 saturated heterocycles. The van der Waals surface area contributed by atoms with Gasteiger partial charge in [-0.25, -0.2) is 8.42 Å². The van der Waals surface area contributed by atoms with Gasteiger partial charge in [-0.2, -0.15) is 5.10 Å². The number of anilines is 1. The molecule has 2 rings (SSSR count). The molecule has 0 atom stereocenters. The highest BCUT2D eigenvalue weighted by molar-refractivity contribution is 7.92. The first kappa shape index (κ1) is 14.5. The van der Waals surface area contributed by atoms with Crippen molar-refractivity contribution in [3.8, 4) is 0 Å². The summed E-state index contributed by atoms with van der Waals surface area (Å²) in [6, 6.07) is 3.47. The molecule has 0 radical (unpaired) electrons. The Morgan fingerprint density at radius 2 is 1.95 bits per heavy atom. The van der Waals surface area contributed by atoms with Gasteiger partial charge < -0.3 is 0 Å². The van der Waals surface area contributed by atoms with Crippen molar-refractivity contribution in [3.05, 3.63) is 36.9 Å². The average Bonchev–Trinajstić information content (AvgIpc) is 2.91. The minimum atomic E-state index is -3.59. The van der Waals surface area contributed by atoms with E-state index < -0.39 is 10.0 Å². The highest BCUT2D eigenvalue weighted by atomic mass is 32.2. The quantitative estimate of drug-likeness (QED) is 0.846. The van der Waals surface area contributed by atoms with Crippen LogP contribution in [0.1, 0.15) is 26.8 Å². The van der Waals surface area contributed by atoms with Crippen LogP contribution in [0.15, 0.2) is 41.8 Å². The maximum atomic E-state index is 12.7. The number of rotatable bonds is 5. The molecular formula is C13H18N4O2S. The largest absolute Gasteiger partial charge is 0.269 e. The average molecular weight is 294 g/mol. The Kier molecular flexibility index (Phi) is 4.08. The molecule has 108 valence electrons. The van der Waals surface area contributed by atoms with Gasteiger partial charge >= 0.3 is 0 Å². The molecule has 7 heteroatoms.